The van der Waals surface area contributed by atoms with E-state index < -0.39 is 0 Å². The standard InChI is InChI=1S/C19H15ClN2O3/c20-14-4-2-1-3-11(14)10-17-19(24)22-15-9-12(5-8-16(15)25-17)18(23)21-13-6-7-13/h1-5,8-10,13H,6-7H2,(H,21,23)(H,22,24). The van der Waals surface area contributed by atoms with E-state index >= 15 is 0 Å². The fourth-order valence-corrected chi connectivity index (χ4v) is 2.72. The van der Waals surface area contributed by atoms with Gasteiger partial charge in [0.15, 0.2) is 11.5 Å². The second-order valence-corrected chi connectivity index (χ2v) is 6.45. The van der Waals surface area contributed by atoms with Gasteiger partial charge in [0.05, 0.1) is 5.69 Å². The predicted molar refractivity (Wildman–Crippen MR) is 95.6 cm³/mol. The molecule has 1 aliphatic carbocycles. The average molecular weight is 355 g/mol. The molecule has 2 aromatic carbocycles. The van der Waals surface area contributed by atoms with E-state index in [0.717, 1.165) is 12.8 Å². The van der Waals surface area contributed by atoms with Crippen LogP contribution in [0.5, 0.6) is 5.75 Å². The molecule has 6 heteroatoms. The van der Waals surface area contributed by atoms with Gasteiger partial charge in [-0.3, -0.25) is 9.59 Å². The zero-order valence-electron chi connectivity index (χ0n) is 13.2. The lowest BCUT2D eigenvalue weighted by molar-refractivity contribution is -0.115. The van der Waals surface area contributed by atoms with Crippen molar-refractivity contribution >= 4 is 35.2 Å². The predicted octanol–water partition coefficient (Wildman–Crippen LogP) is 3.60. The van der Waals surface area contributed by atoms with E-state index in [4.69, 9.17) is 16.3 Å². The normalized spacial score (nSPS) is 17.5. The molecule has 2 aliphatic rings. The Morgan fingerprint density at radius 3 is 2.80 bits per heavy atom. The molecule has 0 aromatic heterocycles. The molecule has 126 valence electrons. The van der Waals surface area contributed by atoms with E-state index in [0.29, 0.717) is 27.6 Å². The number of halogens is 1. The number of hydrogen-bond acceptors (Lipinski definition) is 3. The summed E-state index contributed by atoms with van der Waals surface area (Å²) in [7, 11) is 0. The monoisotopic (exact) mass is 354 g/mol. The van der Waals surface area contributed by atoms with E-state index in [-0.39, 0.29) is 23.6 Å². The lowest BCUT2D eigenvalue weighted by atomic mass is 10.1. The molecule has 0 bridgehead atoms. The number of hydrogen-bond donors (Lipinski definition) is 2. The molecule has 1 heterocycles. The van der Waals surface area contributed by atoms with Crippen molar-refractivity contribution < 1.29 is 14.3 Å². The van der Waals surface area contributed by atoms with Crippen LogP contribution in [0.3, 0.4) is 0 Å². The van der Waals surface area contributed by atoms with Crippen molar-refractivity contribution in [1.82, 2.24) is 5.32 Å². The van der Waals surface area contributed by atoms with Gasteiger partial charge in [-0.05, 0) is 48.7 Å². The lowest BCUT2D eigenvalue weighted by Crippen LogP contribution is -2.27. The molecule has 1 saturated carbocycles. The molecule has 2 N–H and O–H groups in total. The van der Waals surface area contributed by atoms with E-state index in [1.54, 1.807) is 36.4 Å². The summed E-state index contributed by atoms with van der Waals surface area (Å²) in [6.07, 6.45) is 3.63. The fraction of sp³-hybridized carbons (Fsp3) is 0.158. The number of benzene rings is 2. The molecular weight excluding hydrogens is 340 g/mol. The number of nitrogens with one attached hydrogen (secondary N) is 2. The number of fused-ring (bicyclic) bond motifs is 1. The van der Waals surface area contributed by atoms with E-state index in [1.807, 2.05) is 12.1 Å². The van der Waals surface area contributed by atoms with Crippen LogP contribution < -0.4 is 15.4 Å². The topological polar surface area (TPSA) is 67.4 Å². The SMILES string of the molecule is O=C1Nc2cc(C(=O)NC3CC3)ccc2OC1=Cc1ccccc1Cl. The third-order valence-corrected chi connectivity index (χ3v) is 4.38. The number of ether oxygens (including phenoxy) is 1. The van der Waals surface area contributed by atoms with Gasteiger partial charge in [0.1, 0.15) is 0 Å². The molecule has 0 spiro atoms. The summed E-state index contributed by atoms with van der Waals surface area (Å²) < 4.78 is 5.69. The second-order valence-electron chi connectivity index (χ2n) is 6.04. The third kappa shape index (κ3) is 3.37. The Hall–Kier alpha value is -2.79. The first-order chi connectivity index (χ1) is 12.1. The van der Waals surface area contributed by atoms with Crippen LogP contribution >= 0.6 is 11.6 Å². The van der Waals surface area contributed by atoms with Crippen LogP contribution in [-0.4, -0.2) is 17.9 Å². The summed E-state index contributed by atoms with van der Waals surface area (Å²) >= 11 is 6.12. The van der Waals surface area contributed by atoms with Crippen molar-refractivity contribution in [2.45, 2.75) is 18.9 Å². The highest BCUT2D eigenvalue weighted by molar-refractivity contribution is 6.32. The first-order valence-corrected chi connectivity index (χ1v) is 8.38. The Kier molecular flexibility index (Phi) is 3.93. The molecule has 1 fully saturated rings. The number of amides is 2. The lowest BCUT2D eigenvalue weighted by Gasteiger charge is -2.20. The Balaban J connectivity index is 1.59. The molecule has 0 atom stereocenters. The Morgan fingerprint density at radius 2 is 2.04 bits per heavy atom. The molecule has 0 unspecified atom stereocenters. The average Bonchev–Trinajstić information content (AvgIpc) is 3.41. The summed E-state index contributed by atoms with van der Waals surface area (Å²) in [5.41, 5.74) is 1.66. The van der Waals surface area contributed by atoms with Gasteiger partial charge in [0, 0.05) is 16.6 Å². The molecule has 4 rings (SSSR count). The number of anilines is 1. The van der Waals surface area contributed by atoms with Crippen molar-refractivity contribution in [2.24, 2.45) is 0 Å². The van der Waals surface area contributed by atoms with Gasteiger partial charge < -0.3 is 15.4 Å². The summed E-state index contributed by atoms with van der Waals surface area (Å²) in [5, 5.41) is 6.21. The van der Waals surface area contributed by atoms with Gasteiger partial charge >= 0.3 is 0 Å². The highest BCUT2D eigenvalue weighted by Gasteiger charge is 2.26. The van der Waals surface area contributed by atoms with Gasteiger partial charge in [-0.15, -0.1) is 0 Å². The second kappa shape index (κ2) is 6.26. The van der Waals surface area contributed by atoms with E-state index in [2.05, 4.69) is 10.6 Å². The van der Waals surface area contributed by atoms with Crippen molar-refractivity contribution in [3.63, 3.8) is 0 Å². The largest absolute Gasteiger partial charge is 0.449 e. The first kappa shape index (κ1) is 15.7. The molecule has 0 saturated heterocycles. The molecular formula is C19H15ClN2O3. The van der Waals surface area contributed by atoms with Crippen LogP contribution in [-0.2, 0) is 4.79 Å². The number of carbonyl (C=O) groups is 2. The van der Waals surface area contributed by atoms with Crippen molar-refractivity contribution in [3.05, 3.63) is 64.4 Å². The van der Waals surface area contributed by atoms with Crippen LogP contribution in [0.1, 0.15) is 28.8 Å². The first-order valence-electron chi connectivity index (χ1n) is 8.00. The minimum absolute atomic E-state index is 0.142. The summed E-state index contributed by atoms with van der Waals surface area (Å²) in [6.45, 7) is 0. The number of rotatable bonds is 3. The fourth-order valence-electron chi connectivity index (χ4n) is 2.53. The molecule has 25 heavy (non-hydrogen) atoms. The molecule has 1 aliphatic heterocycles. The smallest absolute Gasteiger partial charge is 0.291 e. The van der Waals surface area contributed by atoms with Crippen molar-refractivity contribution in [3.8, 4) is 5.75 Å². The number of carbonyl (C=O) groups excluding carboxylic acids is 2. The highest BCUT2D eigenvalue weighted by atomic mass is 35.5. The van der Waals surface area contributed by atoms with Gasteiger partial charge in [-0.2, -0.15) is 0 Å². The van der Waals surface area contributed by atoms with E-state index in [1.165, 1.54) is 0 Å². The molecule has 2 amide bonds. The maximum atomic E-state index is 12.3. The minimum atomic E-state index is -0.382. The Labute approximate surface area is 149 Å². The van der Waals surface area contributed by atoms with Gasteiger partial charge in [-0.25, -0.2) is 0 Å². The zero-order valence-corrected chi connectivity index (χ0v) is 14.0. The minimum Gasteiger partial charge on any atom is -0.449 e. The molecule has 5 nitrogen and oxygen atoms in total. The maximum absolute atomic E-state index is 12.3. The van der Waals surface area contributed by atoms with Crippen LogP contribution in [0.15, 0.2) is 48.2 Å². The summed E-state index contributed by atoms with van der Waals surface area (Å²) in [6, 6.07) is 12.4. The third-order valence-electron chi connectivity index (χ3n) is 4.04. The van der Waals surface area contributed by atoms with Gasteiger partial charge in [-0.1, -0.05) is 29.8 Å². The Morgan fingerprint density at radius 1 is 1.24 bits per heavy atom. The summed E-state index contributed by atoms with van der Waals surface area (Å²) in [4.78, 5) is 24.4. The van der Waals surface area contributed by atoms with Crippen LogP contribution in [0.2, 0.25) is 5.02 Å². The van der Waals surface area contributed by atoms with Crippen molar-refractivity contribution in [1.29, 1.82) is 0 Å². The van der Waals surface area contributed by atoms with Crippen molar-refractivity contribution in [2.75, 3.05) is 5.32 Å². The molecule has 2 aromatic rings. The highest BCUT2D eigenvalue weighted by Crippen LogP contribution is 2.33. The zero-order chi connectivity index (χ0) is 17.4. The molecule has 0 radical (unpaired) electrons. The van der Waals surface area contributed by atoms with Gasteiger partial charge in [0.2, 0.25) is 0 Å². The van der Waals surface area contributed by atoms with Crippen LogP contribution in [0.4, 0.5) is 5.69 Å². The quantitative estimate of drug-likeness (QED) is 0.827. The summed E-state index contributed by atoms with van der Waals surface area (Å²) in [5.74, 6) is 0.112. The van der Waals surface area contributed by atoms with E-state index in [9.17, 15) is 9.59 Å². The van der Waals surface area contributed by atoms with Crippen LogP contribution in [0.25, 0.3) is 6.08 Å². The van der Waals surface area contributed by atoms with Gasteiger partial charge in [0.25, 0.3) is 11.8 Å². The maximum Gasteiger partial charge on any atom is 0.291 e. The van der Waals surface area contributed by atoms with Crippen LogP contribution in [0, 0.1) is 0 Å². The Bertz CT molecular complexity index is 903.